The van der Waals surface area contributed by atoms with E-state index in [1.165, 1.54) is 10.9 Å². The standard InChI is InChI=1S/C13H14BrFN2S/c1-8-6-17-13(18-8)9(2)16-7-10-4-3-5-11(15)12(10)14/h3-6,9,16H,7H2,1-2H3. The number of rotatable bonds is 4. The fraction of sp³-hybridized carbons (Fsp3) is 0.308. The molecule has 5 heteroatoms. The van der Waals surface area contributed by atoms with E-state index >= 15 is 0 Å². The van der Waals surface area contributed by atoms with Crippen molar-refractivity contribution >= 4 is 27.3 Å². The lowest BCUT2D eigenvalue weighted by molar-refractivity contribution is 0.564. The van der Waals surface area contributed by atoms with Gasteiger partial charge in [0.25, 0.3) is 0 Å². The Bertz CT molecular complexity index is 542. The molecule has 2 aromatic rings. The first-order chi connectivity index (χ1) is 8.58. The Morgan fingerprint density at radius 3 is 2.94 bits per heavy atom. The van der Waals surface area contributed by atoms with Gasteiger partial charge in [0.15, 0.2) is 0 Å². The van der Waals surface area contributed by atoms with Gasteiger partial charge in [0.05, 0.1) is 10.5 Å². The summed E-state index contributed by atoms with van der Waals surface area (Å²) < 4.78 is 13.9. The van der Waals surface area contributed by atoms with Crippen LogP contribution in [0.2, 0.25) is 0 Å². The zero-order valence-corrected chi connectivity index (χ0v) is 12.6. The average molecular weight is 329 g/mol. The molecule has 96 valence electrons. The highest BCUT2D eigenvalue weighted by Gasteiger charge is 2.10. The summed E-state index contributed by atoms with van der Waals surface area (Å²) in [6.07, 6.45) is 1.87. The van der Waals surface area contributed by atoms with E-state index < -0.39 is 0 Å². The molecule has 0 aliphatic heterocycles. The lowest BCUT2D eigenvalue weighted by Crippen LogP contribution is -2.18. The lowest BCUT2D eigenvalue weighted by atomic mass is 10.2. The monoisotopic (exact) mass is 328 g/mol. The summed E-state index contributed by atoms with van der Waals surface area (Å²) in [5.41, 5.74) is 0.912. The summed E-state index contributed by atoms with van der Waals surface area (Å²) in [7, 11) is 0. The molecule has 0 amide bonds. The molecular formula is C13H14BrFN2S. The molecule has 0 aliphatic carbocycles. The van der Waals surface area contributed by atoms with E-state index in [1.807, 2.05) is 19.2 Å². The van der Waals surface area contributed by atoms with Gasteiger partial charge in [0, 0.05) is 17.6 Å². The van der Waals surface area contributed by atoms with Crippen LogP contribution in [-0.2, 0) is 6.54 Å². The third-order valence-electron chi connectivity index (χ3n) is 2.64. The van der Waals surface area contributed by atoms with Crippen LogP contribution in [0.25, 0.3) is 0 Å². The topological polar surface area (TPSA) is 24.9 Å². The molecule has 18 heavy (non-hydrogen) atoms. The van der Waals surface area contributed by atoms with Crippen molar-refractivity contribution in [2.45, 2.75) is 26.4 Å². The normalized spacial score (nSPS) is 12.7. The van der Waals surface area contributed by atoms with Crippen molar-refractivity contribution in [1.29, 1.82) is 0 Å². The van der Waals surface area contributed by atoms with Crippen LogP contribution >= 0.6 is 27.3 Å². The van der Waals surface area contributed by atoms with Crippen LogP contribution in [0.15, 0.2) is 28.9 Å². The fourth-order valence-corrected chi connectivity index (χ4v) is 2.81. The van der Waals surface area contributed by atoms with Gasteiger partial charge in [-0.15, -0.1) is 11.3 Å². The van der Waals surface area contributed by atoms with Crippen LogP contribution in [0.4, 0.5) is 4.39 Å². The van der Waals surface area contributed by atoms with Gasteiger partial charge in [-0.1, -0.05) is 12.1 Å². The Morgan fingerprint density at radius 1 is 1.50 bits per heavy atom. The largest absolute Gasteiger partial charge is 0.304 e. The molecule has 0 saturated heterocycles. The number of hydrogen-bond donors (Lipinski definition) is 1. The van der Waals surface area contributed by atoms with Crippen LogP contribution in [0.5, 0.6) is 0 Å². The maximum Gasteiger partial charge on any atom is 0.137 e. The summed E-state index contributed by atoms with van der Waals surface area (Å²) >= 11 is 4.94. The Morgan fingerprint density at radius 2 is 2.28 bits per heavy atom. The number of hydrogen-bond acceptors (Lipinski definition) is 3. The van der Waals surface area contributed by atoms with E-state index in [-0.39, 0.29) is 11.9 Å². The molecule has 0 fully saturated rings. The molecule has 1 unspecified atom stereocenters. The van der Waals surface area contributed by atoms with Crippen molar-refractivity contribution < 1.29 is 4.39 Å². The molecule has 1 atom stereocenters. The summed E-state index contributed by atoms with van der Waals surface area (Å²) in [6.45, 7) is 4.71. The van der Waals surface area contributed by atoms with Gasteiger partial charge in [0.1, 0.15) is 10.8 Å². The van der Waals surface area contributed by atoms with E-state index in [9.17, 15) is 4.39 Å². The second-order valence-electron chi connectivity index (χ2n) is 4.12. The molecule has 1 heterocycles. The quantitative estimate of drug-likeness (QED) is 0.909. The number of nitrogens with zero attached hydrogens (tertiary/aromatic N) is 1. The predicted octanol–water partition coefficient (Wildman–Crippen LogP) is 4.20. The van der Waals surface area contributed by atoms with Crippen molar-refractivity contribution in [3.63, 3.8) is 0 Å². The highest BCUT2D eigenvalue weighted by atomic mass is 79.9. The Hall–Kier alpha value is -0.780. The first kappa shape index (κ1) is 13.6. The van der Waals surface area contributed by atoms with Crippen LogP contribution in [0.1, 0.15) is 28.4 Å². The van der Waals surface area contributed by atoms with E-state index in [0.717, 1.165) is 10.6 Å². The number of benzene rings is 1. The first-order valence-electron chi connectivity index (χ1n) is 5.66. The molecule has 1 N–H and O–H groups in total. The number of halogens is 2. The van der Waals surface area contributed by atoms with Gasteiger partial charge in [-0.05, 0) is 41.4 Å². The molecule has 0 saturated carbocycles. The second-order valence-corrected chi connectivity index (χ2v) is 6.18. The molecule has 0 bridgehead atoms. The Labute approximate surface area is 118 Å². The van der Waals surface area contributed by atoms with E-state index in [4.69, 9.17) is 0 Å². The number of aromatic nitrogens is 1. The van der Waals surface area contributed by atoms with Crippen LogP contribution in [0.3, 0.4) is 0 Å². The van der Waals surface area contributed by atoms with Crippen LogP contribution in [-0.4, -0.2) is 4.98 Å². The zero-order chi connectivity index (χ0) is 13.1. The molecule has 2 nitrogen and oxygen atoms in total. The number of nitrogens with one attached hydrogen (secondary N) is 1. The number of thiazole rings is 1. The smallest absolute Gasteiger partial charge is 0.137 e. The maximum atomic E-state index is 13.3. The second kappa shape index (κ2) is 5.91. The van der Waals surface area contributed by atoms with Gasteiger partial charge in [-0.25, -0.2) is 9.37 Å². The van der Waals surface area contributed by atoms with Gasteiger partial charge in [-0.3, -0.25) is 0 Å². The molecule has 0 aliphatic rings. The van der Waals surface area contributed by atoms with Crippen molar-refractivity contribution in [3.8, 4) is 0 Å². The summed E-state index contributed by atoms with van der Waals surface area (Å²) in [5, 5.41) is 4.40. The van der Waals surface area contributed by atoms with Crippen LogP contribution < -0.4 is 5.32 Å². The van der Waals surface area contributed by atoms with Gasteiger partial charge < -0.3 is 5.32 Å². The molecule has 0 spiro atoms. The fourth-order valence-electron chi connectivity index (χ4n) is 1.61. The van der Waals surface area contributed by atoms with E-state index in [2.05, 4.69) is 33.2 Å². The Kier molecular flexibility index (Phi) is 4.48. The van der Waals surface area contributed by atoms with Gasteiger partial charge in [0.2, 0.25) is 0 Å². The molecule has 1 aromatic carbocycles. The van der Waals surface area contributed by atoms with E-state index in [1.54, 1.807) is 17.4 Å². The molecule has 0 radical (unpaired) electrons. The first-order valence-corrected chi connectivity index (χ1v) is 7.27. The molecule has 2 rings (SSSR count). The van der Waals surface area contributed by atoms with E-state index in [0.29, 0.717) is 11.0 Å². The summed E-state index contributed by atoms with van der Waals surface area (Å²) in [6, 6.07) is 5.23. The minimum atomic E-state index is -0.230. The minimum absolute atomic E-state index is 0.166. The van der Waals surface area contributed by atoms with Crippen LogP contribution in [0, 0.1) is 12.7 Å². The minimum Gasteiger partial charge on any atom is -0.304 e. The third-order valence-corrected chi connectivity index (χ3v) is 4.62. The van der Waals surface area contributed by atoms with Crippen molar-refractivity contribution in [3.05, 3.63) is 50.1 Å². The molecular weight excluding hydrogens is 315 g/mol. The summed E-state index contributed by atoms with van der Waals surface area (Å²) in [4.78, 5) is 5.54. The van der Waals surface area contributed by atoms with Gasteiger partial charge in [-0.2, -0.15) is 0 Å². The van der Waals surface area contributed by atoms with Crippen molar-refractivity contribution in [1.82, 2.24) is 10.3 Å². The maximum absolute atomic E-state index is 13.3. The average Bonchev–Trinajstić information content (AvgIpc) is 2.77. The Balaban J connectivity index is 2.01. The van der Waals surface area contributed by atoms with Crippen molar-refractivity contribution in [2.75, 3.05) is 0 Å². The lowest BCUT2D eigenvalue weighted by Gasteiger charge is -2.12. The highest BCUT2D eigenvalue weighted by Crippen LogP contribution is 2.22. The summed E-state index contributed by atoms with van der Waals surface area (Å²) in [5.74, 6) is -0.230. The molecule has 1 aromatic heterocycles. The van der Waals surface area contributed by atoms with Crippen molar-refractivity contribution in [2.24, 2.45) is 0 Å². The highest BCUT2D eigenvalue weighted by molar-refractivity contribution is 9.10. The third kappa shape index (κ3) is 3.16. The predicted molar refractivity (Wildman–Crippen MR) is 76.2 cm³/mol. The zero-order valence-electron chi connectivity index (χ0n) is 10.2. The SMILES string of the molecule is Cc1cnc(C(C)NCc2cccc(F)c2Br)s1. The number of aryl methyl sites for hydroxylation is 1. The van der Waals surface area contributed by atoms with Gasteiger partial charge >= 0.3 is 0 Å².